The molecule has 3 nitrogen and oxygen atoms in total. The fraction of sp³-hybridized carbons (Fsp3) is 0.333. The lowest BCUT2D eigenvalue weighted by molar-refractivity contribution is 0.630. The predicted molar refractivity (Wildman–Crippen MR) is 64.6 cm³/mol. The van der Waals surface area contributed by atoms with Crippen LogP contribution in [0.5, 0.6) is 0 Å². The zero-order valence-electron chi connectivity index (χ0n) is 8.82. The van der Waals surface area contributed by atoms with Gasteiger partial charge < -0.3 is 16.0 Å². The lowest BCUT2D eigenvalue weighted by atomic mass is 10.2. The molecule has 2 rings (SSSR count). The van der Waals surface area contributed by atoms with Crippen molar-refractivity contribution in [3.8, 4) is 0 Å². The van der Waals surface area contributed by atoms with Crippen molar-refractivity contribution < 1.29 is 0 Å². The highest BCUT2D eigenvalue weighted by Gasteiger charge is 2.00. The van der Waals surface area contributed by atoms with E-state index in [0.29, 0.717) is 0 Å². The third-order valence-electron chi connectivity index (χ3n) is 2.65. The number of nitrogens with two attached hydrogens (primary N) is 2. The van der Waals surface area contributed by atoms with Gasteiger partial charge in [-0.05, 0) is 43.7 Å². The molecule has 0 unspecified atom stereocenters. The molecule has 0 fully saturated rings. The molecule has 0 saturated carbocycles. The van der Waals surface area contributed by atoms with Crippen LogP contribution < -0.4 is 11.5 Å². The van der Waals surface area contributed by atoms with Crippen LogP contribution in [0.1, 0.15) is 12.8 Å². The second-order valence-corrected chi connectivity index (χ2v) is 3.82. The summed E-state index contributed by atoms with van der Waals surface area (Å²) in [5.74, 6) is 0. The zero-order valence-corrected chi connectivity index (χ0v) is 8.82. The summed E-state index contributed by atoms with van der Waals surface area (Å²) in [5, 5.41) is 1.21. The lowest BCUT2D eigenvalue weighted by Gasteiger charge is -2.04. The molecule has 0 spiro atoms. The average Bonchev–Trinajstić information content (AvgIpc) is 2.61. The summed E-state index contributed by atoms with van der Waals surface area (Å²) >= 11 is 0. The number of nitrogen functional groups attached to an aromatic ring is 1. The van der Waals surface area contributed by atoms with Gasteiger partial charge in [-0.3, -0.25) is 0 Å². The van der Waals surface area contributed by atoms with Gasteiger partial charge in [0.25, 0.3) is 0 Å². The van der Waals surface area contributed by atoms with E-state index in [1.54, 1.807) is 0 Å². The Bertz CT molecular complexity index is 445. The third-order valence-corrected chi connectivity index (χ3v) is 2.65. The molecule has 0 aliphatic rings. The van der Waals surface area contributed by atoms with Crippen LogP contribution in [0.3, 0.4) is 0 Å². The molecule has 15 heavy (non-hydrogen) atoms. The Hall–Kier alpha value is -1.48. The Morgan fingerprint density at radius 1 is 1.13 bits per heavy atom. The minimum Gasteiger partial charge on any atom is -0.399 e. The van der Waals surface area contributed by atoms with E-state index in [4.69, 9.17) is 11.5 Å². The second-order valence-electron chi connectivity index (χ2n) is 3.82. The number of hydrogen-bond donors (Lipinski definition) is 2. The molecule has 3 heteroatoms. The Kier molecular flexibility index (Phi) is 2.92. The van der Waals surface area contributed by atoms with Crippen LogP contribution in [-0.2, 0) is 6.54 Å². The topological polar surface area (TPSA) is 57.0 Å². The molecule has 80 valence electrons. The first-order valence-electron chi connectivity index (χ1n) is 5.35. The molecule has 1 aromatic heterocycles. The van der Waals surface area contributed by atoms with Crippen molar-refractivity contribution in [1.82, 2.24) is 4.57 Å². The standard InChI is InChI=1S/C12H17N3/c13-6-1-2-7-15-8-5-10-9-11(14)3-4-12(10)15/h3-5,8-9H,1-2,6-7,13-14H2. The van der Waals surface area contributed by atoms with Gasteiger partial charge in [0.1, 0.15) is 0 Å². The van der Waals surface area contributed by atoms with Crippen LogP contribution >= 0.6 is 0 Å². The Labute approximate surface area is 89.7 Å². The summed E-state index contributed by atoms with van der Waals surface area (Å²) in [7, 11) is 0. The maximum absolute atomic E-state index is 5.73. The molecule has 2 aromatic rings. The normalized spacial score (nSPS) is 11.0. The van der Waals surface area contributed by atoms with Crippen LogP contribution in [0.25, 0.3) is 10.9 Å². The van der Waals surface area contributed by atoms with Gasteiger partial charge in [0.15, 0.2) is 0 Å². The fourth-order valence-corrected chi connectivity index (χ4v) is 1.84. The third kappa shape index (κ3) is 2.13. The SMILES string of the molecule is NCCCCn1ccc2cc(N)ccc21. The van der Waals surface area contributed by atoms with Crippen molar-refractivity contribution in [2.45, 2.75) is 19.4 Å². The van der Waals surface area contributed by atoms with E-state index in [1.165, 1.54) is 10.9 Å². The number of aryl methyl sites for hydroxylation is 1. The van der Waals surface area contributed by atoms with Crippen molar-refractivity contribution in [1.29, 1.82) is 0 Å². The maximum atomic E-state index is 5.73. The lowest BCUT2D eigenvalue weighted by Crippen LogP contribution is -2.02. The number of benzene rings is 1. The molecule has 1 aromatic carbocycles. The molecule has 0 aliphatic carbocycles. The molecule has 0 radical (unpaired) electrons. The molecular formula is C12H17N3. The number of fused-ring (bicyclic) bond motifs is 1. The summed E-state index contributed by atoms with van der Waals surface area (Å²) in [6.45, 7) is 1.80. The summed E-state index contributed by atoms with van der Waals surface area (Å²) < 4.78 is 2.25. The number of aromatic nitrogens is 1. The van der Waals surface area contributed by atoms with E-state index in [1.807, 2.05) is 12.1 Å². The largest absolute Gasteiger partial charge is 0.399 e. The molecule has 4 N–H and O–H groups in total. The van der Waals surface area contributed by atoms with E-state index < -0.39 is 0 Å². The Morgan fingerprint density at radius 2 is 2.00 bits per heavy atom. The van der Waals surface area contributed by atoms with Crippen LogP contribution in [0.2, 0.25) is 0 Å². The minimum absolute atomic E-state index is 0.770. The van der Waals surface area contributed by atoms with Crippen molar-refractivity contribution in [3.05, 3.63) is 30.5 Å². The molecule has 1 heterocycles. The van der Waals surface area contributed by atoms with Gasteiger partial charge in [-0.25, -0.2) is 0 Å². The molecule has 0 saturated heterocycles. The Morgan fingerprint density at radius 3 is 2.80 bits per heavy atom. The van der Waals surface area contributed by atoms with Gasteiger partial charge in [-0.1, -0.05) is 0 Å². The zero-order chi connectivity index (χ0) is 10.7. The van der Waals surface area contributed by atoms with Crippen LogP contribution in [0.4, 0.5) is 5.69 Å². The van der Waals surface area contributed by atoms with Gasteiger partial charge in [0.05, 0.1) is 0 Å². The van der Waals surface area contributed by atoms with E-state index in [2.05, 4.69) is 22.9 Å². The monoisotopic (exact) mass is 203 g/mol. The minimum atomic E-state index is 0.770. The van der Waals surface area contributed by atoms with Crippen molar-refractivity contribution >= 4 is 16.6 Å². The number of hydrogen-bond acceptors (Lipinski definition) is 2. The highest BCUT2D eigenvalue weighted by Crippen LogP contribution is 2.19. The van der Waals surface area contributed by atoms with Gasteiger partial charge in [-0.15, -0.1) is 0 Å². The van der Waals surface area contributed by atoms with Gasteiger partial charge in [0, 0.05) is 29.3 Å². The highest BCUT2D eigenvalue weighted by atomic mass is 14.9. The smallest absolute Gasteiger partial charge is 0.0481 e. The second kappa shape index (κ2) is 4.36. The van der Waals surface area contributed by atoms with Crippen LogP contribution in [0.15, 0.2) is 30.5 Å². The van der Waals surface area contributed by atoms with Gasteiger partial charge in [0.2, 0.25) is 0 Å². The number of anilines is 1. The number of nitrogens with zero attached hydrogens (tertiary/aromatic N) is 1. The summed E-state index contributed by atoms with van der Waals surface area (Å²) in [4.78, 5) is 0. The molecule has 0 atom stereocenters. The van der Waals surface area contributed by atoms with E-state index in [-0.39, 0.29) is 0 Å². The molecule has 0 amide bonds. The van der Waals surface area contributed by atoms with E-state index >= 15 is 0 Å². The number of rotatable bonds is 4. The summed E-state index contributed by atoms with van der Waals surface area (Å²) in [6, 6.07) is 8.14. The van der Waals surface area contributed by atoms with Crippen molar-refractivity contribution in [2.24, 2.45) is 5.73 Å². The van der Waals surface area contributed by atoms with Crippen molar-refractivity contribution in [3.63, 3.8) is 0 Å². The first-order valence-corrected chi connectivity index (χ1v) is 5.35. The average molecular weight is 203 g/mol. The van der Waals surface area contributed by atoms with Crippen LogP contribution in [0, 0.1) is 0 Å². The molecule has 0 aliphatic heterocycles. The van der Waals surface area contributed by atoms with E-state index in [0.717, 1.165) is 31.6 Å². The molecular weight excluding hydrogens is 186 g/mol. The maximum Gasteiger partial charge on any atom is 0.0481 e. The van der Waals surface area contributed by atoms with Crippen LogP contribution in [-0.4, -0.2) is 11.1 Å². The summed E-state index contributed by atoms with van der Waals surface area (Å²) in [6.07, 6.45) is 4.32. The first kappa shape index (κ1) is 10.1. The molecule has 0 bridgehead atoms. The Balaban J connectivity index is 2.21. The highest BCUT2D eigenvalue weighted by molar-refractivity contribution is 5.83. The summed E-state index contributed by atoms with van der Waals surface area (Å²) in [5.41, 5.74) is 13.3. The predicted octanol–water partition coefficient (Wildman–Crippen LogP) is 1.96. The van der Waals surface area contributed by atoms with Gasteiger partial charge >= 0.3 is 0 Å². The first-order chi connectivity index (χ1) is 7.31. The number of unbranched alkanes of at least 4 members (excludes halogenated alkanes) is 1. The van der Waals surface area contributed by atoms with E-state index in [9.17, 15) is 0 Å². The van der Waals surface area contributed by atoms with Crippen molar-refractivity contribution in [2.75, 3.05) is 12.3 Å². The van der Waals surface area contributed by atoms with Gasteiger partial charge in [-0.2, -0.15) is 0 Å². The quantitative estimate of drug-likeness (QED) is 0.589. The fourth-order valence-electron chi connectivity index (χ4n) is 1.84.